The third-order valence-electron chi connectivity index (χ3n) is 9.74. The second-order valence-electron chi connectivity index (χ2n) is 12.4. The summed E-state index contributed by atoms with van der Waals surface area (Å²) in [6, 6.07) is 44.5. The zero-order valence-corrected chi connectivity index (χ0v) is 26.2. The van der Waals surface area contributed by atoms with E-state index in [1.807, 2.05) is 30.3 Å². The van der Waals surface area contributed by atoms with Gasteiger partial charge < -0.3 is 9.13 Å². The molecule has 0 saturated carbocycles. The van der Waals surface area contributed by atoms with Gasteiger partial charge in [-0.15, -0.1) is 0 Å². The van der Waals surface area contributed by atoms with Crippen LogP contribution in [0, 0.1) is 34.8 Å². The van der Waals surface area contributed by atoms with Gasteiger partial charge in [-0.3, -0.25) is 0 Å². The van der Waals surface area contributed by atoms with E-state index in [0.717, 1.165) is 86.5 Å². The van der Waals surface area contributed by atoms with Crippen molar-refractivity contribution >= 4 is 49.9 Å². The molecule has 0 saturated heterocycles. The van der Waals surface area contributed by atoms with E-state index in [4.69, 9.17) is 0 Å². The minimum Gasteiger partial charge on any atom is -0.312 e. The monoisotopic (exact) mass is 612 g/mol. The number of aromatic nitrogens is 2. The van der Waals surface area contributed by atoms with E-state index in [1.54, 1.807) is 0 Å². The van der Waals surface area contributed by atoms with Crippen molar-refractivity contribution in [1.29, 1.82) is 10.5 Å². The summed E-state index contributed by atoms with van der Waals surface area (Å²) in [5.41, 5.74) is 13.3. The maximum atomic E-state index is 10.1. The van der Waals surface area contributed by atoms with Crippen LogP contribution in [0.5, 0.6) is 0 Å². The zero-order valence-electron chi connectivity index (χ0n) is 26.2. The molecule has 9 rings (SSSR count). The largest absolute Gasteiger partial charge is 0.312 e. The number of hydrogen-bond acceptors (Lipinski definition) is 2. The number of allylic oxidation sites excluding steroid dienone is 5. The van der Waals surface area contributed by atoms with Crippen LogP contribution >= 0.6 is 0 Å². The van der Waals surface area contributed by atoms with Gasteiger partial charge in [0.15, 0.2) is 0 Å². The fraction of sp³-hybridized carbons (Fsp3) is 0.0909. The van der Waals surface area contributed by atoms with Crippen molar-refractivity contribution in [3.8, 4) is 23.5 Å². The average Bonchev–Trinajstić information content (AvgIpc) is 3.68. The number of fused-ring (bicyclic) bond motifs is 6. The second kappa shape index (κ2) is 11.1. The van der Waals surface area contributed by atoms with E-state index in [9.17, 15) is 10.5 Å². The molecule has 224 valence electrons. The predicted octanol–water partition coefficient (Wildman–Crippen LogP) is 10.3. The molecule has 48 heavy (non-hydrogen) atoms. The van der Waals surface area contributed by atoms with E-state index in [0.29, 0.717) is 11.1 Å². The van der Waals surface area contributed by atoms with Crippen molar-refractivity contribution in [2.45, 2.75) is 25.7 Å². The molecule has 0 unspecified atom stereocenters. The number of benzene rings is 4. The van der Waals surface area contributed by atoms with E-state index < -0.39 is 0 Å². The quantitative estimate of drug-likeness (QED) is 0.199. The summed E-state index contributed by atoms with van der Waals surface area (Å²) in [6.07, 6.45) is 12.9. The lowest BCUT2D eigenvalue weighted by molar-refractivity contribution is 0.887. The summed E-state index contributed by atoms with van der Waals surface area (Å²) in [5.74, 6) is 0. The molecule has 2 aliphatic rings. The Morgan fingerprint density at radius 3 is 2.46 bits per heavy atom. The molecule has 0 bridgehead atoms. The Bertz CT molecular complexity index is 2640. The first-order chi connectivity index (χ1) is 23.7. The molecule has 5 aromatic carbocycles. The van der Waals surface area contributed by atoms with Gasteiger partial charge in [0.2, 0.25) is 0 Å². The van der Waals surface area contributed by atoms with Crippen LogP contribution in [0.25, 0.3) is 61.3 Å². The number of nitrogens with zero attached hydrogens (tertiary/aromatic N) is 4. The predicted molar refractivity (Wildman–Crippen MR) is 194 cm³/mol. The Kier molecular flexibility index (Phi) is 6.39. The summed E-state index contributed by atoms with van der Waals surface area (Å²) in [7, 11) is 0. The van der Waals surface area contributed by atoms with Crippen molar-refractivity contribution in [2.24, 2.45) is 0 Å². The minimum absolute atomic E-state index is 0.630. The summed E-state index contributed by atoms with van der Waals surface area (Å²) in [6.45, 7) is 0. The molecule has 0 fully saturated rings. The van der Waals surface area contributed by atoms with Gasteiger partial charge in [-0.2, -0.15) is 10.5 Å². The van der Waals surface area contributed by atoms with Crippen molar-refractivity contribution in [2.75, 3.05) is 0 Å². The lowest BCUT2D eigenvalue weighted by Crippen LogP contribution is -2.07. The second-order valence-corrected chi connectivity index (χ2v) is 12.4. The minimum atomic E-state index is 0.630. The molecule has 0 radical (unpaired) electrons. The highest BCUT2D eigenvalue weighted by Crippen LogP contribution is 2.42. The van der Waals surface area contributed by atoms with Crippen LogP contribution in [0.4, 0.5) is 0 Å². The third kappa shape index (κ3) is 4.16. The molecule has 4 nitrogen and oxygen atoms in total. The number of nitriles is 2. The SMILES string of the molecule is N#Cc1ccc(C2=CCCC=C2c2cccc(-n3c4ccccc4c4cccc(C#N)c43)c2)c(-n2c3c(c4c#cccc42)C=CCC3)c1. The van der Waals surface area contributed by atoms with Crippen molar-refractivity contribution < 1.29 is 0 Å². The van der Waals surface area contributed by atoms with E-state index in [2.05, 4.69) is 124 Å². The van der Waals surface area contributed by atoms with Crippen molar-refractivity contribution in [3.05, 3.63) is 161 Å². The lowest BCUT2D eigenvalue weighted by atomic mass is 9.86. The van der Waals surface area contributed by atoms with Gasteiger partial charge in [-0.25, -0.2) is 0 Å². The van der Waals surface area contributed by atoms with E-state index >= 15 is 0 Å². The highest BCUT2D eigenvalue weighted by Gasteiger charge is 2.24. The fourth-order valence-corrected chi connectivity index (χ4v) is 7.71. The van der Waals surface area contributed by atoms with Gasteiger partial charge >= 0.3 is 0 Å². The summed E-state index contributed by atoms with van der Waals surface area (Å²) in [4.78, 5) is 0. The van der Waals surface area contributed by atoms with Crippen molar-refractivity contribution in [1.82, 2.24) is 9.13 Å². The van der Waals surface area contributed by atoms with E-state index in [1.165, 1.54) is 16.8 Å². The third-order valence-corrected chi connectivity index (χ3v) is 9.74. The van der Waals surface area contributed by atoms with Gasteiger partial charge in [0.25, 0.3) is 0 Å². The molecule has 4 heteroatoms. The molecule has 0 spiro atoms. The molecule has 2 aliphatic carbocycles. The molecule has 2 aromatic heterocycles. The smallest absolute Gasteiger partial charge is 0.101 e. The molecular weight excluding hydrogens is 585 g/mol. The first-order valence-corrected chi connectivity index (χ1v) is 16.4. The maximum absolute atomic E-state index is 10.1. The van der Waals surface area contributed by atoms with Gasteiger partial charge in [0.1, 0.15) is 6.07 Å². The van der Waals surface area contributed by atoms with Crippen LogP contribution < -0.4 is 0 Å². The van der Waals surface area contributed by atoms with Crippen molar-refractivity contribution in [3.63, 3.8) is 0 Å². The molecule has 7 aromatic rings. The normalized spacial score (nSPS) is 13.9. The van der Waals surface area contributed by atoms with Crippen LogP contribution in [-0.4, -0.2) is 9.13 Å². The molecule has 0 amide bonds. The van der Waals surface area contributed by atoms with Crippen LogP contribution in [0.1, 0.15) is 52.8 Å². The Hall–Kier alpha value is -6.54. The first-order valence-electron chi connectivity index (χ1n) is 16.4. The highest BCUT2D eigenvalue weighted by atomic mass is 15.0. The first kappa shape index (κ1) is 27.7. The Morgan fingerprint density at radius 2 is 1.56 bits per heavy atom. The molecule has 0 N–H and O–H groups in total. The Labute approximate surface area is 279 Å². The lowest BCUT2D eigenvalue weighted by Gasteiger charge is -2.23. The van der Waals surface area contributed by atoms with Gasteiger partial charge in [0, 0.05) is 33.3 Å². The van der Waals surface area contributed by atoms with E-state index in [-0.39, 0.29) is 0 Å². The Morgan fingerprint density at radius 1 is 0.708 bits per heavy atom. The zero-order chi connectivity index (χ0) is 32.2. The summed E-state index contributed by atoms with van der Waals surface area (Å²) >= 11 is 0. The molecular formula is C44H28N4. The molecule has 2 heterocycles. The highest BCUT2D eigenvalue weighted by molar-refractivity contribution is 6.11. The number of hydrogen-bond donors (Lipinski definition) is 0. The average molecular weight is 613 g/mol. The van der Waals surface area contributed by atoms with Crippen LogP contribution in [0.3, 0.4) is 0 Å². The van der Waals surface area contributed by atoms with Gasteiger partial charge in [-0.05, 0) is 90.9 Å². The number of rotatable bonds is 4. The van der Waals surface area contributed by atoms with Gasteiger partial charge in [-0.1, -0.05) is 85.0 Å². The van der Waals surface area contributed by atoms with Crippen LogP contribution in [0.15, 0.2) is 115 Å². The summed E-state index contributed by atoms with van der Waals surface area (Å²) < 4.78 is 4.57. The van der Waals surface area contributed by atoms with Crippen LogP contribution in [0.2, 0.25) is 0 Å². The number of para-hydroxylation sites is 2. The standard InChI is InChI=1S/C44H28N4/c45-27-29-23-24-38(43(25-29)48-41-21-7-3-16-35(41)36-17-4-8-22-42(36)48)34-15-2-1-14-33(34)30-11-9-13-32(26-30)47-40-20-6-5-18-37(40)39-19-10-12-31(28-46)44(39)47/h3,5-6,8-16,18-20,22-26H,1-2,7,21H2. The Balaban J connectivity index is 1.24. The summed E-state index contributed by atoms with van der Waals surface area (Å²) in [5, 5.41) is 23.4. The maximum Gasteiger partial charge on any atom is 0.101 e. The molecule has 0 atom stereocenters. The molecule has 0 aliphatic heterocycles. The fourth-order valence-electron chi connectivity index (χ4n) is 7.71. The van der Waals surface area contributed by atoms with Gasteiger partial charge in [0.05, 0.1) is 44.8 Å². The topological polar surface area (TPSA) is 57.4 Å². The van der Waals surface area contributed by atoms with Crippen LogP contribution in [-0.2, 0) is 6.42 Å².